The van der Waals surface area contributed by atoms with Crippen LogP contribution in [0.2, 0.25) is 0 Å². The molecule has 0 fully saturated rings. The molecule has 6 heteroatoms. The molecule has 1 heterocycles. The predicted molar refractivity (Wildman–Crippen MR) is 117 cm³/mol. The molecule has 0 spiro atoms. The summed E-state index contributed by atoms with van der Waals surface area (Å²) >= 11 is 0. The average Bonchev–Trinajstić information content (AvgIpc) is 2.76. The van der Waals surface area contributed by atoms with Gasteiger partial charge in [0.25, 0.3) is 0 Å². The standard InChI is InChI=1S/C24H34N2O4/c1-4-5-6-7-8-9-10-20-15-25-24(26-16-20)21-11-13-22(14-12-21)29-17-19(2)30-23(27)18-28-3/h11-16,19H,4-10,17-18H2,1-3H3. The molecule has 1 aromatic heterocycles. The quantitative estimate of drug-likeness (QED) is 0.320. The Labute approximate surface area is 180 Å². The van der Waals surface area contributed by atoms with Gasteiger partial charge in [-0.15, -0.1) is 0 Å². The molecule has 0 N–H and O–H groups in total. The van der Waals surface area contributed by atoms with Gasteiger partial charge in [-0.1, -0.05) is 39.0 Å². The number of nitrogens with zero attached hydrogens (tertiary/aromatic N) is 2. The van der Waals surface area contributed by atoms with Crippen LogP contribution in [0.25, 0.3) is 11.4 Å². The van der Waals surface area contributed by atoms with Gasteiger partial charge in [-0.2, -0.15) is 0 Å². The van der Waals surface area contributed by atoms with Crippen molar-refractivity contribution in [3.63, 3.8) is 0 Å². The van der Waals surface area contributed by atoms with Gasteiger partial charge in [-0.3, -0.25) is 0 Å². The molecule has 1 aromatic carbocycles. The second-order valence-corrected chi connectivity index (χ2v) is 7.50. The van der Waals surface area contributed by atoms with Crippen molar-refractivity contribution in [2.75, 3.05) is 20.3 Å². The molecule has 6 nitrogen and oxygen atoms in total. The Morgan fingerprint density at radius 3 is 2.33 bits per heavy atom. The lowest BCUT2D eigenvalue weighted by Crippen LogP contribution is -2.24. The minimum absolute atomic E-state index is 0.0587. The second kappa shape index (κ2) is 13.7. The smallest absolute Gasteiger partial charge is 0.332 e. The van der Waals surface area contributed by atoms with Crippen LogP contribution in [0.15, 0.2) is 36.7 Å². The molecule has 2 rings (SSSR count). The first-order chi connectivity index (χ1) is 14.6. The highest BCUT2D eigenvalue weighted by molar-refractivity contribution is 5.70. The van der Waals surface area contributed by atoms with Crippen molar-refractivity contribution in [1.82, 2.24) is 9.97 Å². The lowest BCUT2D eigenvalue weighted by atomic mass is 10.1. The van der Waals surface area contributed by atoms with E-state index in [9.17, 15) is 4.79 Å². The fourth-order valence-corrected chi connectivity index (χ4v) is 3.07. The molecule has 0 aliphatic heterocycles. The molecular formula is C24H34N2O4. The summed E-state index contributed by atoms with van der Waals surface area (Å²) in [5.74, 6) is 1.00. The number of hydrogen-bond acceptors (Lipinski definition) is 6. The highest BCUT2D eigenvalue weighted by Crippen LogP contribution is 2.20. The van der Waals surface area contributed by atoms with Crippen LogP contribution in [0.5, 0.6) is 5.75 Å². The maximum absolute atomic E-state index is 11.4. The third-order valence-electron chi connectivity index (χ3n) is 4.72. The fourth-order valence-electron chi connectivity index (χ4n) is 3.07. The van der Waals surface area contributed by atoms with E-state index in [1.54, 1.807) is 6.92 Å². The molecule has 164 valence electrons. The van der Waals surface area contributed by atoms with E-state index in [1.165, 1.54) is 51.2 Å². The largest absolute Gasteiger partial charge is 0.490 e. The summed E-state index contributed by atoms with van der Waals surface area (Å²) < 4.78 is 15.6. The molecule has 2 aromatic rings. The molecule has 0 aliphatic carbocycles. The summed E-state index contributed by atoms with van der Waals surface area (Å²) in [6.07, 6.45) is 12.3. The maximum atomic E-state index is 11.4. The zero-order valence-electron chi connectivity index (χ0n) is 18.4. The van der Waals surface area contributed by atoms with Gasteiger partial charge in [0.2, 0.25) is 0 Å². The van der Waals surface area contributed by atoms with Crippen LogP contribution in [-0.2, 0) is 20.7 Å². The average molecular weight is 415 g/mol. The first-order valence-electron chi connectivity index (χ1n) is 10.8. The fraction of sp³-hybridized carbons (Fsp3) is 0.542. The number of ether oxygens (including phenoxy) is 3. The molecule has 0 radical (unpaired) electrons. The van der Waals surface area contributed by atoms with Gasteiger partial charge >= 0.3 is 5.97 Å². The third kappa shape index (κ3) is 8.91. The third-order valence-corrected chi connectivity index (χ3v) is 4.72. The summed E-state index contributed by atoms with van der Waals surface area (Å²) in [6, 6.07) is 7.60. The first kappa shape index (κ1) is 23.8. The lowest BCUT2D eigenvalue weighted by Gasteiger charge is -2.14. The summed E-state index contributed by atoms with van der Waals surface area (Å²) in [7, 11) is 1.46. The van der Waals surface area contributed by atoms with Gasteiger partial charge in [0.1, 0.15) is 25.1 Å². The number of rotatable bonds is 14. The van der Waals surface area contributed by atoms with Crippen LogP contribution < -0.4 is 4.74 Å². The monoisotopic (exact) mass is 414 g/mol. The molecule has 0 bridgehead atoms. The topological polar surface area (TPSA) is 70.5 Å². The Bertz CT molecular complexity index is 732. The molecule has 1 unspecified atom stereocenters. The van der Waals surface area contributed by atoms with Crippen molar-refractivity contribution in [2.45, 2.75) is 64.9 Å². The van der Waals surface area contributed by atoms with Crippen LogP contribution >= 0.6 is 0 Å². The molecule has 1 atom stereocenters. The summed E-state index contributed by atoms with van der Waals surface area (Å²) in [4.78, 5) is 20.4. The summed E-state index contributed by atoms with van der Waals surface area (Å²) in [6.45, 7) is 4.24. The minimum atomic E-state index is -0.402. The molecule has 30 heavy (non-hydrogen) atoms. The highest BCUT2D eigenvalue weighted by atomic mass is 16.6. The van der Waals surface area contributed by atoms with E-state index in [0.29, 0.717) is 11.6 Å². The van der Waals surface area contributed by atoms with Crippen LogP contribution in [-0.4, -0.2) is 42.4 Å². The number of carbonyl (C=O) groups excluding carboxylic acids is 1. The molecule has 0 aliphatic rings. The SMILES string of the molecule is CCCCCCCCc1cnc(-c2ccc(OCC(C)OC(=O)COC)cc2)nc1. The van der Waals surface area contributed by atoms with Crippen LogP contribution in [0.4, 0.5) is 0 Å². The van der Waals surface area contributed by atoms with E-state index < -0.39 is 5.97 Å². The van der Waals surface area contributed by atoms with E-state index in [-0.39, 0.29) is 19.3 Å². The van der Waals surface area contributed by atoms with Gasteiger partial charge in [-0.25, -0.2) is 14.8 Å². The van der Waals surface area contributed by atoms with Gasteiger partial charge in [0.15, 0.2) is 5.82 Å². The molecule has 0 amide bonds. The van der Waals surface area contributed by atoms with E-state index in [1.807, 2.05) is 36.7 Å². The van der Waals surface area contributed by atoms with Gasteiger partial charge in [-0.05, 0) is 49.6 Å². The number of methoxy groups -OCH3 is 1. The Balaban J connectivity index is 1.76. The van der Waals surface area contributed by atoms with Gasteiger partial charge < -0.3 is 14.2 Å². The van der Waals surface area contributed by atoms with E-state index in [2.05, 4.69) is 16.9 Å². The zero-order valence-corrected chi connectivity index (χ0v) is 18.4. The summed E-state index contributed by atoms with van der Waals surface area (Å²) in [5.41, 5.74) is 2.12. The maximum Gasteiger partial charge on any atom is 0.332 e. The van der Waals surface area contributed by atoms with Crippen molar-refractivity contribution < 1.29 is 19.0 Å². The number of unbranched alkanes of at least 4 members (excludes halogenated alkanes) is 5. The minimum Gasteiger partial charge on any atom is -0.490 e. The Hall–Kier alpha value is -2.47. The second-order valence-electron chi connectivity index (χ2n) is 7.50. The zero-order chi connectivity index (χ0) is 21.6. The van der Waals surface area contributed by atoms with Gasteiger partial charge in [0.05, 0.1) is 0 Å². The normalized spacial score (nSPS) is 11.8. The highest BCUT2D eigenvalue weighted by Gasteiger charge is 2.10. The number of aromatic nitrogens is 2. The van der Waals surface area contributed by atoms with Crippen molar-refractivity contribution in [1.29, 1.82) is 0 Å². The van der Waals surface area contributed by atoms with Gasteiger partial charge in [0, 0.05) is 25.1 Å². The number of carbonyl (C=O) groups is 1. The predicted octanol–water partition coefficient (Wildman–Crippen LogP) is 5.00. The van der Waals surface area contributed by atoms with Crippen LogP contribution in [0, 0.1) is 0 Å². The van der Waals surface area contributed by atoms with Crippen LogP contribution in [0.3, 0.4) is 0 Å². The van der Waals surface area contributed by atoms with E-state index >= 15 is 0 Å². The van der Waals surface area contributed by atoms with Crippen LogP contribution in [0.1, 0.15) is 57.9 Å². The Morgan fingerprint density at radius 1 is 1.00 bits per heavy atom. The Kier molecular flexibility index (Phi) is 10.9. The first-order valence-corrected chi connectivity index (χ1v) is 10.8. The molecular weight excluding hydrogens is 380 g/mol. The lowest BCUT2D eigenvalue weighted by molar-refractivity contribution is -0.153. The van der Waals surface area contributed by atoms with E-state index in [4.69, 9.17) is 14.2 Å². The van der Waals surface area contributed by atoms with Crippen molar-refractivity contribution in [3.8, 4) is 17.1 Å². The summed E-state index contributed by atoms with van der Waals surface area (Å²) in [5, 5.41) is 0. The molecule has 0 saturated heterocycles. The number of esters is 1. The number of benzene rings is 1. The van der Waals surface area contributed by atoms with Crippen molar-refractivity contribution in [2.24, 2.45) is 0 Å². The van der Waals surface area contributed by atoms with Crippen molar-refractivity contribution in [3.05, 3.63) is 42.2 Å². The van der Waals surface area contributed by atoms with Crippen molar-refractivity contribution >= 4 is 5.97 Å². The Morgan fingerprint density at radius 2 is 1.67 bits per heavy atom. The number of aryl methyl sites for hydroxylation is 1. The number of hydrogen-bond donors (Lipinski definition) is 0. The molecule has 0 saturated carbocycles. The van der Waals surface area contributed by atoms with E-state index in [0.717, 1.165) is 12.0 Å².